The predicted octanol–water partition coefficient (Wildman–Crippen LogP) is 7.44. The highest BCUT2D eigenvalue weighted by Crippen LogP contribution is 2.41. The van der Waals surface area contributed by atoms with Gasteiger partial charge in [-0.25, -0.2) is 4.39 Å². The van der Waals surface area contributed by atoms with Crippen LogP contribution in [0, 0.1) is 11.7 Å². The first-order valence-corrected chi connectivity index (χ1v) is 10.4. The van der Waals surface area contributed by atoms with Crippen molar-refractivity contribution in [1.29, 1.82) is 0 Å². The van der Waals surface area contributed by atoms with E-state index in [9.17, 15) is 4.39 Å². The topological polar surface area (TPSA) is 9.23 Å². The van der Waals surface area contributed by atoms with E-state index in [0.717, 1.165) is 23.5 Å². The minimum atomic E-state index is -0.204. The van der Waals surface area contributed by atoms with Crippen molar-refractivity contribution in [3.63, 3.8) is 0 Å². The smallest absolute Gasteiger partial charge is 0.129 e. The molecule has 2 aromatic rings. The van der Waals surface area contributed by atoms with Crippen molar-refractivity contribution < 1.29 is 9.13 Å². The number of ether oxygens (including phenoxy) is 1. The van der Waals surface area contributed by atoms with Gasteiger partial charge in [0.1, 0.15) is 5.82 Å². The summed E-state index contributed by atoms with van der Waals surface area (Å²) in [5.74, 6) is 1.19. The van der Waals surface area contributed by atoms with Crippen molar-refractivity contribution in [1.82, 2.24) is 0 Å². The van der Waals surface area contributed by atoms with E-state index in [1.807, 2.05) is 24.3 Å². The first-order chi connectivity index (χ1) is 13.7. The Morgan fingerprint density at radius 3 is 2.50 bits per heavy atom. The van der Waals surface area contributed by atoms with Gasteiger partial charge in [-0.15, -0.1) is 13.2 Å². The van der Waals surface area contributed by atoms with Gasteiger partial charge in [-0.1, -0.05) is 48.6 Å². The fraction of sp³-hybridized carbons (Fsp3) is 0.385. The number of hydrogen-bond donors (Lipinski definition) is 0. The highest BCUT2D eigenvalue weighted by Gasteiger charge is 2.24. The van der Waals surface area contributed by atoms with Gasteiger partial charge in [0.2, 0.25) is 0 Å². The molecule has 0 radical (unpaired) electrons. The third-order valence-electron chi connectivity index (χ3n) is 5.88. The van der Waals surface area contributed by atoms with E-state index in [-0.39, 0.29) is 12.4 Å². The van der Waals surface area contributed by atoms with Crippen LogP contribution in [0.3, 0.4) is 0 Å². The molecule has 0 aliphatic heterocycles. The number of halogens is 1. The van der Waals surface area contributed by atoms with Crippen LogP contribution >= 0.6 is 0 Å². The molecule has 0 unspecified atom stereocenters. The summed E-state index contributed by atoms with van der Waals surface area (Å²) in [6.45, 7) is 8.16. The summed E-state index contributed by atoms with van der Waals surface area (Å²) in [5.41, 5.74) is 4.06. The maximum absolute atomic E-state index is 14.6. The lowest BCUT2D eigenvalue weighted by Gasteiger charge is -2.30. The second kappa shape index (κ2) is 10.4. The predicted molar refractivity (Wildman–Crippen MR) is 116 cm³/mol. The summed E-state index contributed by atoms with van der Waals surface area (Å²) in [6, 6.07) is 14.0. The molecule has 1 nitrogen and oxygen atoms in total. The van der Waals surface area contributed by atoms with Crippen LogP contribution < -0.4 is 0 Å². The van der Waals surface area contributed by atoms with E-state index >= 15 is 0 Å². The Bertz CT molecular complexity index is 787. The highest BCUT2D eigenvalue weighted by atomic mass is 19.1. The number of benzene rings is 2. The van der Waals surface area contributed by atoms with Crippen LogP contribution in [0.25, 0.3) is 11.1 Å². The zero-order chi connectivity index (χ0) is 19.8. The van der Waals surface area contributed by atoms with E-state index in [0.29, 0.717) is 18.1 Å². The van der Waals surface area contributed by atoms with Crippen LogP contribution in [0.2, 0.25) is 0 Å². The van der Waals surface area contributed by atoms with Gasteiger partial charge in [-0.2, -0.15) is 0 Å². The van der Waals surface area contributed by atoms with Gasteiger partial charge in [-0.3, -0.25) is 0 Å². The molecule has 1 fully saturated rings. The van der Waals surface area contributed by atoms with E-state index < -0.39 is 0 Å². The van der Waals surface area contributed by atoms with Crippen LogP contribution in [0.15, 0.2) is 67.8 Å². The second-order valence-electron chi connectivity index (χ2n) is 7.78. The minimum Gasteiger partial charge on any atom is -0.373 e. The number of allylic oxidation sites excluding steroid dienone is 1. The van der Waals surface area contributed by atoms with Crippen molar-refractivity contribution in [2.45, 2.75) is 51.0 Å². The lowest BCUT2D eigenvalue weighted by Crippen LogP contribution is -2.14. The van der Waals surface area contributed by atoms with E-state index in [1.165, 1.54) is 37.7 Å². The molecule has 0 amide bonds. The SMILES string of the molecule is C=CCCC1CCC(c2ccccc2-c2ccc(COCC=C)c(F)c2)CC1. The van der Waals surface area contributed by atoms with Crippen molar-refractivity contribution in [3.8, 4) is 11.1 Å². The molecule has 0 spiro atoms. The van der Waals surface area contributed by atoms with E-state index in [4.69, 9.17) is 4.74 Å². The zero-order valence-electron chi connectivity index (χ0n) is 16.7. The Labute approximate surface area is 168 Å². The molecular formula is C26H31FO. The Morgan fingerprint density at radius 1 is 1.00 bits per heavy atom. The second-order valence-corrected chi connectivity index (χ2v) is 7.78. The first kappa shape index (κ1) is 20.5. The van der Waals surface area contributed by atoms with Crippen molar-refractivity contribution in [2.24, 2.45) is 5.92 Å². The quantitative estimate of drug-likeness (QED) is 0.325. The van der Waals surface area contributed by atoms with Crippen LogP contribution in [0.1, 0.15) is 55.6 Å². The lowest BCUT2D eigenvalue weighted by molar-refractivity contribution is 0.146. The lowest BCUT2D eigenvalue weighted by atomic mass is 9.75. The molecule has 0 atom stereocenters. The summed E-state index contributed by atoms with van der Waals surface area (Å²) in [6.07, 6.45) is 11.1. The number of hydrogen-bond acceptors (Lipinski definition) is 1. The van der Waals surface area contributed by atoms with E-state index in [2.05, 4.69) is 31.4 Å². The molecule has 0 bridgehead atoms. The maximum Gasteiger partial charge on any atom is 0.129 e. The fourth-order valence-electron chi connectivity index (χ4n) is 4.32. The summed E-state index contributed by atoms with van der Waals surface area (Å²) >= 11 is 0. The van der Waals surface area contributed by atoms with Gasteiger partial charge in [-0.05, 0) is 73.1 Å². The van der Waals surface area contributed by atoms with Gasteiger partial charge in [0, 0.05) is 5.56 Å². The average Bonchev–Trinajstić information content (AvgIpc) is 2.74. The maximum atomic E-state index is 14.6. The molecule has 2 heteroatoms. The minimum absolute atomic E-state index is 0.204. The van der Waals surface area contributed by atoms with Gasteiger partial charge in [0.15, 0.2) is 0 Å². The largest absolute Gasteiger partial charge is 0.373 e. The van der Waals surface area contributed by atoms with Crippen molar-refractivity contribution in [3.05, 3.63) is 84.7 Å². The standard InChI is InChI=1S/C26H31FO/c1-3-5-8-20-11-13-21(14-12-20)24-9-6-7-10-25(24)22-15-16-23(26(27)18-22)19-28-17-4-2/h3-4,6-7,9-10,15-16,18,20-21H,1-2,5,8,11-14,17,19H2. The molecule has 2 aromatic carbocycles. The Balaban J connectivity index is 1.75. The molecular weight excluding hydrogens is 347 g/mol. The summed E-state index contributed by atoms with van der Waals surface area (Å²) in [5, 5.41) is 0. The van der Waals surface area contributed by atoms with E-state index in [1.54, 1.807) is 12.1 Å². The summed E-state index contributed by atoms with van der Waals surface area (Å²) in [7, 11) is 0. The summed E-state index contributed by atoms with van der Waals surface area (Å²) < 4.78 is 20.0. The first-order valence-electron chi connectivity index (χ1n) is 10.4. The molecule has 3 rings (SSSR count). The highest BCUT2D eigenvalue weighted by molar-refractivity contribution is 5.68. The normalized spacial score (nSPS) is 19.3. The van der Waals surface area contributed by atoms with Crippen molar-refractivity contribution in [2.75, 3.05) is 6.61 Å². The Morgan fingerprint density at radius 2 is 1.79 bits per heavy atom. The molecule has 0 heterocycles. The molecule has 1 aliphatic carbocycles. The molecule has 1 saturated carbocycles. The van der Waals surface area contributed by atoms with Gasteiger partial charge in [0.05, 0.1) is 13.2 Å². The Kier molecular flexibility index (Phi) is 7.62. The van der Waals surface area contributed by atoms with Crippen LogP contribution in [-0.2, 0) is 11.3 Å². The molecule has 28 heavy (non-hydrogen) atoms. The third-order valence-corrected chi connectivity index (χ3v) is 5.88. The summed E-state index contributed by atoms with van der Waals surface area (Å²) in [4.78, 5) is 0. The molecule has 0 aromatic heterocycles. The third kappa shape index (κ3) is 5.20. The van der Waals surface area contributed by atoms with Crippen LogP contribution in [0.5, 0.6) is 0 Å². The van der Waals surface area contributed by atoms with Crippen LogP contribution in [0.4, 0.5) is 4.39 Å². The monoisotopic (exact) mass is 378 g/mol. The van der Waals surface area contributed by atoms with Crippen molar-refractivity contribution >= 4 is 0 Å². The molecule has 148 valence electrons. The zero-order valence-corrected chi connectivity index (χ0v) is 16.7. The fourth-order valence-corrected chi connectivity index (χ4v) is 4.32. The molecule has 1 aliphatic rings. The average molecular weight is 379 g/mol. The Hall–Kier alpha value is -2.19. The number of rotatable bonds is 9. The van der Waals surface area contributed by atoms with Gasteiger partial charge in [0.25, 0.3) is 0 Å². The molecule has 0 N–H and O–H groups in total. The van der Waals surface area contributed by atoms with Gasteiger partial charge < -0.3 is 4.74 Å². The van der Waals surface area contributed by atoms with Crippen LogP contribution in [-0.4, -0.2) is 6.61 Å². The van der Waals surface area contributed by atoms with Gasteiger partial charge >= 0.3 is 0 Å². The molecule has 0 saturated heterocycles.